The molecule has 0 aliphatic carbocycles. The maximum absolute atomic E-state index is 11.1. The van der Waals surface area contributed by atoms with Crippen molar-refractivity contribution in [3.05, 3.63) is 11.6 Å². The highest BCUT2D eigenvalue weighted by Crippen LogP contribution is 1.88. The Morgan fingerprint density at radius 3 is 2.40 bits per heavy atom. The fourth-order valence-electron chi connectivity index (χ4n) is 1.01. The molecule has 0 aliphatic heterocycles. The van der Waals surface area contributed by atoms with Gasteiger partial charge in [0.25, 0.3) is 0 Å². The van der Waals surface area contributed by atoms with Gasteiger partial charge in [-0.2, -0.15) is 0 Å². The lowest BCUT2D eigenvalue weighted by molar-refractivity contribution is -0.131. The molecule has 0 unspecified atom stereocenters. The van der Waals surface area contributed by atoms with Crippen molar-refractivity contribution >= 4 is 11.9 Å². The summed E-state index contributed by atoms with van der Waals surface area (Å²) in [5.74, 6) is -1.06. The van der Waals surface area contributed by atoms with Gasteiger partial charge in [-0.05, 0) is 20.8 Å². The normalized spacial score (nSPS) is 11.6. The van der Waals surface area contributed by atoms with Gasteiger partial charge in [0.1, 0.15) is 0 Å². The van der Waals surface area contributed by atoms with Crippen LogP contribution in [-0.2, 0) is 9.59 Å². The van der Waals surface area contributed by atoms with Gasteiger partial charge in [-0.25, -0.2) is 4.79 Å². The number of nitrogens with one attached hydrogen (secondary N) is 2. The fourth-order valence-corrected chi connectivity index (χ4v) is 1.01. The van der Waals surface area contributed by atoms with Gasteiger partial charge in [0.2, 0.25) is 5.91 Å². The van der Waals surface area contributed by atoms with Crippen LogP contribution in [0.1, 0.15) is 20.8 Å². The molecule has 0 saturated carbocycles. The first-order valence-electron chi connectivity index (χ1n) is 4.82. The summed E-state index contributed by atoms with van der Waals surface area (Å²) in [4.78, 5) is 21.4. The van der Waals surface area contributed by atoms with Crippen LogP contribution < -0.4 is 10.6 Å². The third-order valence-corrected chi connectivity index (χ3v) is 1.51. The molecule has 5 heteroatoms. The molecule has 15 heavy (non-hydrogen) atoms. The summed E-state index contributed by atoms with van der Waals surface area (Å²) in [5.41, 5.74) is 0.680. The highest BCUT2D eigenvalue weighted by Gasteiger charge is 2.02. The molecule has 5 nitrogen and oxygen atoms in total. The van der Waals surface area contributed by atoms with Crippen molar-refractivity contribution in [2.24, 2.45) is 0 Å². The highest BCUT2D eigenvalue weighted by atomic mass is 16.4. The summed E-state index contributed by atoms with van der Waals surface area (Å²) >= 11 is 0. The molecule has 0 fully saturated rings. The maximum atomic E-state index is 11.1. The van der Waals surface area contributed by atoms with Crippen LogP contribution in [0.2, 0.25) is 0 Å². The average molecular weight is 214 g/mol. The fraction of sp³-hybridized carbons (Fsp3) is 0.600. The number of aliphatic carboxylic acids is 1. The van der Waals surface area contributed by atoms with E-state index in [9.17, 15) is 9.59 Å². The molecule has 1 amide bonds. The summed E-state index contributed by atoms with van der Waals surface area (Å²) in [6.07, 6.45) is 1.12. The minimum Gasteiger partial charge on any atom is -0.478 e. The van der Waals surface area contributed by atoms with E-state index in [2.05, 4.69) is 10.6 Å². The molecule has 0 aromatic carbocycles. The standard InChI is InChI=1S/C10H18N2O3/c1-7(2)12-9(13)6-11-5-8(3)4-10(14)15/h4,7,11H,5-6H2,1-3H3,(H,12,13)(H,14,15). The molecule has 0 radical (unpaired) electrons. The molecule has 0 aromatic heterocycles. The van der Waals surface area contributed by atoms with E-state index in [1.807, 2.05) is 13.8 Å². The maximum Gasteiger partial charge on any atom is 0.328 e. The Labute approximate surface area is 89.6 Å². The highest BCUT2D eigenvalue weighted by molar-refractivity contribution is 5.80. The van der Waals surface area contributed by atoms with E-state index in [0.29, 0.717) is 12.1 Å². The van der Waals surface area contributed by atoms with Gasteiger partial charge in [-0.1, -0.05) is 5.57 Å². The summed E-state index contributed by atoms with van der Waals surface area (Å²) in [6.45, 7) is 6.06. The molecule has 0 aliphatic rings. The largest absolute Gasteiger partial charge is 0.478 e. The average Bonchev–Trinajstić information content (AvgIpc) is 2.00. The number of carbonyl (C=O) groups is 2. The summed E-state index contributed by atoms with van der Waals surface area (Å²) < 4.78 is 0. The second-order valence-corrected chi connectivity index (χ2v) is 3.65. The predicted molar refractivity (Wildman–Crippen MR) is 57.5 cm³/mol. The lowest BCUT2D eigenvalue weighted by atomic mass is 10.3. The van der Waals surface area contributed by atoms with Crippen LogP contribution in [0, 0.1) is 0 Å². The smallest absolute Gasteiger partial charge is 0.328 e. The Morgan fingerprint density at radius 1 is 1.33 bits per heavy atom. The van der Waals surface area contributed by atoms with Crippen molar-refractivity contribution < 1.29 is 14.7 Å². The topological polar surface area (TPSA) is 78.4 Å². The van der Waals surface area contributed by atoms with Crippen molar-refractivity contribution in [1.82, 2.24) is 10.6 Å². The summed E-state index contributed by atoms with van der Waals surface area (Å²) in [6, 6.07) is 0.120. The molecular formula is C10H18N2O3. The van der Waals surface area contributed by atoms with Crippen molar-refractivity contribution in [3.63, 3.8) is 0 Å². The van der Waals surface area contributed by atoms with Crippen LogP contribution in [0.4, 0.5) is 0 Å². The van der Waals surface area contributed by atoms with Crippen molar-refractivity contribution in [1.29, 1.82) is 0 Å². The summed E-state index contributed by atoms with van der Waals surface area (Å²) in [5, 5.41) is 14.0. The lowest BCUT2D eigenvalue weighted by Crippen LogP contribution is -2.38. The Kier molecular flexibility index (Phi) is 6.37. The minimum absolute atomic E-state index is 0.0897. The summed E-state index contributed by atoms with van der Waals surface area (Å²) in [7, 11) is 0. The molecule has 86 valence electrons. The van der Waals surface area contributed by atoms with E-state index >= 15 is 0 Å². The molecule has 0 saturated heterocycles. The van der Waals surface area contributed by atoms with E-state index in [4.69, 9.17) is 5.11 Å². The van der Waals surface area contributed by atoms with Crippen LogP contribution >= 0.6 is 0 Å². The molecule has 0 atom stereocenters. The quantitative estimate of drug-likeness (QED) is 0.549. The molecule has 0 spiro atoms. The third kappa shape index (κ3) is 8.96. The molecule has 3 N–H and O–H groups in total. The predicted octanol–water partition coefficient (Wildman–Crippen LogP) is 0.132. The second kappa shape index (κ2) is 7.00. The first-order valence-corrected chi connectivity index (χ1v) is 4.82. The SMILES string of the molecule is CC(=CC(=O)O)CNCC(=O)NC(C)C. The number of hydrogen-bond acceptors (Lipinski definition) is 3. The Morgan fingerprint density at radius 2 is 1.93 bits per heavy atom. The van der Waals surface area contributed by atoms with Crippen molar-refractivity contribution in [2.75, 3.05) is 13.1 Å². The van der Waals surface area contributed by atoms with Gasteiger partial charge in [-0.3, -0.25) is 4.79 Å². The number of carboxylic acid groups (broad SMARTS) is 1. The monoisotopic (exact) mass is 214 g/mol. The van der Waals surface area contributed by atoms with Crippen LogP contribution in [0.5, 0.6) is 0 Å². The first-order chi connectivity index (χ1) is 6.91. The zero-order valence-corrected chi connectivity index (χ0v) is 9.33. The van der Waals surface area contributed by atoms with Gasteiger partial charge in [0.15, 0.2) is 0 Å². The van der Waals surface area contributed by atoms with Gasteiger partial charge >= 0.3 is 5.97 Å². The molecular weight excluding hydrogens is 196 g/mol. The van der Waals surface area contributed by atoms with Gasteiger partial charge in [0.05, 0.1) is 6.54 Å². The number of rotatable bonds is 6. The number of hydrogen-bond donors (Lipinski definition) is 3. The molecule has 0 aromatic rings. The number of amides is 1. The zero-order chi connectivity index (χ0) is 11.8. The van der Waals surface area contributed by atoms with E-state index in [1.54, 1.807) is 6.92 Å². The Bertz CT molecular complexity index is 259. The van der Waals surface area contributed by atoms with Crippen molar-refractivity contribution in [2.45, 2.75) is 26.8 Å². The molecule has 0 heterocycles. The number of carboxylic acids is 1. The lowest BCUT2D eigenvalue weighted by Gasteiger charge is -2.08. The van der Waals surface area contributed by atoms with Gasteiger partial charge in [-0.15, -0.1) is 0 Å². The van der Waals surface area contributed by atoms with E-state index < -0.39 is 5.97 Å². The van der Waals surface area contributed by atoms with E-state index in [1.165, 1.54) is 0 Å². The Hall–Kier alpha value is -1.36. The van der Waals surface area contributed by atoms with Gasteiger partial charge < -0.3 is 15.7 Å². The third-order valence-electron chi connectivity index (χ3n) is 1.51. The van der Waals surface area contributed by atoms with Crippen LogP contribution in [0.25, 0.3) is 0 Å². The van der Waals surface area contributed by atoms with E-state index in [0.717, 1.165) is 6.08 Å². The Balaban J connectivity index is 3.70. The van der Waals surface area contributed by atoms with Crippen LogP contribution in [0.3, 0.4) is 0 Å². The molecule has 0 rings (SSSR count). The van der Waals surface area contributed by atoms with Crippen LogP contribution in [-0.4, -0.2) is 36.1 Å². The number of carbonyl (C=O) groups excluding carboxylic acids is 1. The zero-order valence-electron chi connectivity index (χ0n) is 9.33. The van der Waals surface area contributed by atoms with Crippen molar-refractivity contribution in [3.8, 4) is 0 Å². The van der Waals surface area contributed by atoms with Gasteiger partial charge in [0, 0.05) is 18.7 Å². The van der Waals surface area contributed by atoms with Crippen LogP contribution in [0.15, 0.2) is 11.6 Å². The minimum atomic E-state index is -0.971. The second-order valence-electron chi connectivity index (χ2n) is 3.65. The van der Waals surface area contributed by atoms with E-state index in [-0.39, 0.29) is 18.5 Å². The molecule has 0 bridgehead atoms. The first kappa shape index (κ1) is 13.6.